The molecule has 0 saturated heterocycles. The molecule has 106 valence electrons. The zero-order chi connectivity index (χ0) is 13.8. The molecule has 2 rings (SSSR count). The fraction of sp³-hybridized carbons (Fsp3) is 0.733. The molecule has 0 radical (unpaired) electrons. The Hall–Kier alpha value is -1.32. The largest absolute Gasteiger partial charge is 0.361 e. The van der Waals surface area contributed by atoms with E-state index in [-0.39, 0.29) is 5.91 Å². The summed E-state index contributed by atoms with van der Waals surface area (Å²) in [5, 5.41) is 3.94. The van der Waals surface area contributed by atoms with E-state index in [1.54, 1.807) is 0 Å². The predicted molar refractivity (Wildman–Crippen MR) is 73.9 cm³/mol. The van der Waals surface area contributed by atoms with Gasteiger partial charge in [0.2, 0.25) is 5.91 Å². The van der Waals surface area contributed by atoms with Crippen molar-refractivity contribution in [3.8, 4) is 0 Å². The zero-order valence-corrected chi connectivity index (χ0v) is 12.2. The maximum atomic E-state index is 12.4. The van der Waals surface area contributed by atoms with Crippen LogP contribution in [0.1, 0.15) is 56.0 Å². The van der Waals surface area contributed by atoms with Gasteiger partial charge in [-0.2, -0.15) is 0 Å². The van der Waals surface area contributed by atoms with E-state index in [1.807, 2.05) is 13.8 Å². The Morgan fingerprint density at radius 3 is 2.58 bits per heavy atom. The summed E-state index contributed by atoms with van der Waals surface area (Å²) in [6.07, 6.45) is 6.17. The zero-order valence-electron chi connectivity index (χ0n) is 12.2. The number of hydrogen-bond donors (Lipinski definition) is 0. The lowest BCUT2D eigenvalue weighted by Crippen LogP contribution is -2.38. The van der Waals surface area contributed by atoms with Gasteiger partial charge in [0.1, 0.15) is 5.76 Å². The molecule has 0 N–H and O–H groups in total. The SMILES string of the molecule is CCN(C(=O)CCc1c(C)noc1C)C1CCCC1. The van der Waals surface area contributed by atoms with Crippen molar-refractivity contribution >= 4 is 5.91 Å². The van der Waals surface area contributed by atoms with Crippen molar-refractivity contribution in [2.75, 3.05) is 6.54 Å². The molecule has 1 aromatic rings. The Balaban J connectivity index is 1.92. The highest BCUT2D eigenvalue weighted by Crippen LogP contribution is 2.24. The number of aryl methyl sites for hydroxylation is 2. The normalized spacial score (nSPS) is 15.9. The molecule has 19 heavy (non-hydrogen) atoms. The monoisotopic (exact) mass is 264 g/mol. The van der Waals surface area contributed by atoms with Gasteiger partial charge >= 0.3 is 0 Å². The van der Waals surface area contributed by atoms with Crippen LogP contribution in [0.5, 0.6) is 0 Å². The van der Waals surface area contributed by atoms with E-state index in [4.69, 9.17) is 4.52 Å². The van der Waals surface area contributed by atoms with Gasteiger partial charge in [-0.3, -0.25) is 4.79 Å². The average Bonchev–Trinajstić information content (AvgIpc) is 3.00. The van der Waals surface area contributed by atoms with Crippen molar-refractivity contribution in [2.24, 2.45) is 0 Å². The Morgan fingerprint density at radius 2 is 2.05 bits per heavy atom. The number of amides is 1. The fourth-order valence-electron chi connectivity index (χ4n) is 3.09. The number of carbonyl (C=O) groups is 1. The first kappa shape index (κ1) is 14.1. The number of carbonyl (C=O) groups excluding carboxylic acids is 1. The van der Waals surface area contributed by atoms with Crippen LogP contribution in [0, 0.1) is 13.8 Å². The first-order chi connectivity index (χ1) is 9.13. The van der Waals surface area contributed by atoms with Gasteiger partial charge in [0.05, 0.1) is 5.69 Å². The van der Waals surface area contributed by atoms with Crippen LogP contribution < -0.4 is 0 Å². The summed E-state index contributed by atoms with van der Waals surface area (Å²) >= 11 is 0. The van der Waals surface area contributed by atoms with E-state index >= 15 is 0 Å². The predicted octanol–water partition coefficient (Wildman–Crippen LogP) is 3.02. The first-order valence-electron chi connectivity index (χ1n) is 7.34. The second-order valence-electron chi connectivity index (χ2n) is 5.42. The molecule has 1 saturated carbocycles. The molecule has 1 fully saturated rings. The average molecular weight is 264 g/mol. The number of hydrogen-bond acceptors (Lipinski definition) is 3. The van der Waals surface area contributed by atoms with Crippen LogP contribution in [0.2, 0.25) is 0 Å². The van der Waals surface area contributed by atoms with Gasteiger partial charge < -0.3 is 9.42 Å². The third kappa shape index (κ3) is 3.17. The molecule has 4 heteroatoms. The lowest BCUT2D eigenvalue weighted by atomic mass is 10.1. The topological polar surface area (TPSA) is 46.3 Å². The molecule has 1 heterocycles. The highest BCUT2D eigenvalue weighted by Gasteiger charge is 2.25. The lowest BCUT2D eigenvalue weighted by Gasteiger charge is -2.27. The molecular weight excluding hydrogens is 240 g/mol. The van der Waals surface area contributed by atoms with Crippen molar-refractivity contribution in [1.82, 2.24) is 10.1 Å². The highest BCUT2D eigenvalue weighted by atomic mass is 16.5. The van der Waals surface area contributed by atoms with E-state index in [9.17, 15) is 4.79 Å². The molecule has 0 atom stereocenters. The van der Waals surface area contributed by atoms with Gasteiger partial charge in [-0.05, 0) is 40.0 Å². The maximum absolute atomic E-state index is 12.4. The number of aromatic nitrogens is 1. The summed E-state index contributed by atoms with van der Waals surface area (Å²) in [5.74, 6) is 1.11. The van der Waals surface area contributed by atoms with E-state index < -0.39 is 0 Å². The van der Waals surface area contributed by atoms with Gasteiger partial charge in [0, 0.05) is 24.6 Å². The second kappa shape index (κ2) is 6.22. The van der Waals surface area contributed by atoms with E-state index in [2.05, 4.69) is 17.0 Å². The van der Waals surface area contributed by atoms with Gasteiger partial charge in [-0.15, -0.1) is 0 Å². The van der Waals surface area contributed by atoms with Gasteiger partial charge in [-0.1, -0.05) is 18.0 Å². The Bertz CT molecular complexity index is 414. The molecule has 1 aromatic heterocycles. The number of nitrogens with zero attached hydrogens (tertiary/aromatic N) is 2. The first-order valence-corrected chi connectivity index (χ1v) is 7.34. The van der Waals surface area contributed by atoms with E-state index in [0.717, 1.165) is 30.0 Å². The van der Waals surface area contributed by atoms with Crippen molar-refractivity contribution in [2.45, 2.75) is 65.3 Å². The smallest absolute Gasteiger partial charge is 0.223 e. The Kier molecular flexibility index (Phi) is 4.61. The Labute approximate surface area is 115 Å². The minimum atomic E-state index is 0.273. The molecule has 0 aromatic carbocycles. The summed E-state index contributed by atoms with van der Waals surface area (Å²) in [7, 11) is 0. The van der Waals surface area contributed by atoms with Crippen molar-refractivity contribution in [1.29, 1.82) is 0 Å². The van der Waals surface area contributed by atoms with Crippen LogP contribution in [0.25, 0.3) is 0 Å². The molecule has 1 aliphatic carbocycles. The van der Waals surface area contributed by atoms with Gasteiger partial charge in [0.25, 0.3) is 0 Å². The molecule has 1 amide bonds. The van der Waals surface area contributed by atoms with Crippen molar-refractivity contribution in [3.63, 3.8) is 0 Å². The van der Waals surface area contributed by atoms with Gasteiger partial charge in [-0.25, -0.2) is 0 Å². The minimum absolute atomic E-state index is 0.273. The van der Waals surface area contributed by atoms with Crippen molar-refractivity contribution < 1.29 is 9.32 Å². The van der Waals surface area contributed by atoms with Crippen LogP contribution in [-0.2, 0) is 11.2 Å². The van der Waals surface area contributed by atoms with Crippen LogP contribution in [-0.4, -0.2) is 28.6 Å². The van der Waals surface area contributed by atoms with Gasteiger partial charge in [0.15, 0.2) is 0 Å². The molecule has 0 unspecified atom stereocenters. The molecule has 0 bridgehead atoms. The fourth-order valence-corrected chi connectivity index (χ4v) is 3.09. The van der Waals surface area contributed by atoms with E-state index in [0.29, 0.717) is 12.5 Å². The summed E-state index contributed by atoms with van der Waals surface area (Å²) in [6, 6.07) is 0.474. The highest BCUT2D eigenvalue weighted by molar-refractivity contribution is 5.76. The van der Waals surface area contributed by atoms with Crippen LogP contribution in [0.15, 0.2) is 4.52 Å². The minimum Gasteiger partial charge on any atom is -0.361 e. The van der Waals surface area contributed by atoms with Crippen molar-refractivity contribution in [3.05, 3.63) is 17.0 Å². The van der Waals surface area contributed by atoms with Crippen LogP contribution in [0.4, 0.5) is 0 Å². The molecule has 0 spiro atoms. The van der Waals surface area contributed by atoms with Crippen LogP contribution >= 0.6 is 0 Å². The molecule has 1 aliphatic rings. The third-order valence-corrected chi connectivity index (χ3v) is 4.20. The summed E-state index contributed by atoms with van der Waals surface area (Å²) in [6.45, 7) is 6.75. The summed E-state index contributed by atoms with van der Waals surface area (Å²) < 4.78 is 5.14. The summed E-state index contributed by atoms with van der Waals surface area (Å²) in [4.78, 5) is 14.4. The molecule has 0 aliphatic heterocycles. The second-order valence-corrected chi connectivity index (χ2v) is 5.42. The van der Waals surface area contributed by atoms with E-state index in [1.165, 1.54) is 25.7 Å². The number of rotatable bonds is 5. The van der Waals surface area contributed by atoms with Crippen LogP contribution in [0.3, 0.4) is 0 Å². The lowest BCUT2D eigenvalue weighted by molar-refractivity contribution is -0.133. The quantitative estimate of drug-likeness (QED) is 0.821. The molecule has 4 nitrogen and oxygen atoms in total. The third-order valence-electron chi connectivity index (χ3n) is 4.20. The molecular formula is C15H24N2O2. The maximum Gasteiger partial charge on any atom is 0.223 e. The summed E-state index contributed by atoms with van der Waals surface area (Å²) in [5.41, 5.74) is 2.00. The Morgan fingerprint density at radius 1 is 1.37 bits per heavy atom. The standard InChI is InChI=1S/C15H24N2O2/c1-4-17(13-7-5-6-8-13)15(18)10-9-14-11(2)16-19-12(14)3/h13H,4-10H2,1-3H3.